The monoisotopic (exact) mass is 516 g/mol. The van der Waals surface area contributed by atoms with Crippen LogP contribution in [0.15, 0.2) is 53.7 Å². The second-order valence-corrected chi connectivity index (χ2v) is 9.43. The van der Waals surface area contributed by atoms with Crippen LogP contribution in [0.1, 0.15) is 18.4 Å². The molecule has 0 radical (unpaired) electrons. The Bertz CT molecular complexity index is 1530. The van der Waals surface area contributed by atoms with Gasteiger partial charge in [-0.05, 0) is 36.2 Å². The van der Waals surface area contributed by atoms with Gasteiger partial charge >= 0.3 is 0 Å². The summed E-state index contributed by atoms with van der Waals surface area (Å²) in [5, 5.41) is 11.5. The molecule has 1 atom stereocenters. The van der Waals surface area contributed by atoms with Crippen LogP contribution in [0.3, 0.4) is 0 Å². The van der Waals surface area contributed by atoms with Crippen molar-refractivity contribution < 1.29 is 14.3 Å². The second kappa shape index (κ2) is 9.74. The molecule has 2 N–H and O–H groups in total. The molecule has 2 aromatic carbocycles. The first-order valence-electron chi connectivity index (χ1n) is 12.1. The number of benzene rings is 2. The first-order chi connectivity index (χ1) is 18.0. The summed E-state index contributed by atoms with van der Waals surface area (Å²) in [6, 6.07) is 13.7. The molecule has 188 valence electrons. The van der Waals surface area contributed by atoms with Crippen LogP contribution in [0.2, 0.25) is 5.02 Å². The summed E-state index contributed by atoms with van der Waals surface area (Å²) in [5.74, 6) is 2.15. The van der Waals surface area contributed by atoms with Gasteiger partial charge in [0.15, 0.2) is 17.3 Å². The number of aliphatic imine (C=N–C) groups is 1. The lowest BCUT2D eigenvalue weighted by atomic mass is 10.0. The van der Waals surface area contributed by atoms with Crippen molar-refractivity contribution in [2.75, 3.05) is 25.1 Å². The molecule has 37 heavy (non-hydrogen) atoms. The van der Waals surface area contributed by atoms with E-state index in [1.54, 1.807) is 17.1 Å². The van der Waals surface area contributed by atoms with Gasteiger partial charge in [-0.1, -0.05) is 29.8 Å². The van der Waals surface area contributed by atoms with Crippen molar-refractivity contribution in [2.24, 2.45) is 12.0 Å². The van der Waals surface area contributed by atoms with Crippen molar-refractivity contribution in [1.29, 1.82) is 0 Å². The van der Waals surface area contributed by atoms with E-state index in [1.165, 1.54) is 0 Å². The highest BCUT2D eigenvalue weighted by Crippen LogP contribution is 2.40. The van der Waals surface area contributed by atoms with Crippen LogP contribution in [0.5, 0.6) is 11.5 Å². The third-order valence-electron chi connectivity index (χ3n) is 6.47. The molecule has 1 saturated heterocycles. The molecule has 2 aliphatic rings. The van der Waals surface area contributed by atoms with Crippen molar-refractivity contribution in [3.05, 3.63) is 59.2 Å². The van der Waals surface area contributed by atoms with Gasteiger partial charge in [0.1, 0.15) is 18.7 Å². The van der Waals surface area contributed by atoms with Crippen LogP contribution in [0.4, 0.5) is 11.5 Å². The lowest BCUT2D eigenvalue weighted by Crippen LogP contribution is -2.27. The highest BCUT2D eigenvalue weighted by atomic mass is 35.5. The van der Waals surface area contributed by atoms with E-state index in [-0.39, 0.29) is 11.9 Å². The summed E-state index contributed by atoms with van der Waals surface area (Å²) in [6.07, 6.45) is 4.94. The number of ether oxygens (including phenoxy) is 2. The predicted molar refractivity (Wildman–Crippen MR) is 143 cm³/mol. The molecule has 9 nitrogen and oxygen atoms in total. The molecule has 2 aliphatic heterocycles. The fraction of sp³-hybridized carbons (Fsp3) is 0.259. The molecule has 0 saturated carbocycles. The van der Waals surface area contributed by atoms with Gasteiger partial charge in [-0.15, -0.1) is 0 Å². The zero-order valence-corrected chi connectivity index (χ0v) is 21.0. The van der Waals surface area contributed by atoms with E-state index < -0.39 is 0 Å². The number of hydrogen-bond donors (Lipinski definition) is 2. The molecule has 1 fully saturated rings. The Hall–Kier alpha value is -4.11. The summed E-state index contributed by atoms with van der Waals surface area (Å²) in [4.78, 5) is 20.5. The standard InChI is InChI=1S/C27H25ClN6O3/c1-34-21-11-16(13-29-15-18-6-8-24(35)31-18)14-30-26(21)27(33-34)32-20-4-2-3-19(25(20)28)17-5-7-22-23(12-17)37-10-9-36-22/h2-5,7,11-14,18H,6,8-10,15H2,1H3,(H,31,35)(H,32,33). The zero-order chi connectivity index (χ0) is 25.4. The number of aryl methyl sites for hydroxylation is 1. The molecule has 0 bridgehead atoms. The van der Waals surface area contributed by atoms with E-state index in [0.29, 0.717) is 42.8 Å². The number of fused-ring (bicyclic) bond motifs is 2. The molecule has 1 unspecified atom stereocenters. The number of rotatable bonds is 6. The van der Waals surface area contributed by atoms with Gasteiger partial charge in [-0.2, -0.15) is 5.10 Å². The second-order valence-electron chi connectivity index (χ2n) is 9.06. The van der Waals surface area contributed by atoms with E-state index in [4.69, 9.17) is 21.1 Å². The van der Waals surface area contributed by atoms with Gasteiger partial charge in [0.25, 0.3) is 0 Å². The summed E-state index contributed by atoms with van der Waals surface area (Å²) in [7, 11) is 1.87. The Morgan fingerprint density at radius 3 is 2.92 bits per heavy atom. The summed E-state index contributed by atoms with van der Waals surface area (Å²) < 4.78 is 13.1. The number of hydrogen-bond acceptors (Lipinski definition) is 7. The highest BCUT2D eigenvalue weighted by molar-refractivity contribution is 6.36. The molecule has 1 amide bonds. The van der Waals surface area contributed by atoms with Gasteiger partial charge in [0, 0.05) is 43.0 Å². The maximum atomic E-state index is 11.4. The molecular weight excluding hydrogens is 492 g/mol. The number of pyridine rings is 1. The Labute approximate surface area is 218 Å². The minimum Gasteiger partial charge on any atom is -0.486 e. The first kappa shape index (κ1) is 23.3. The number of aromatic nitrogens is 3. The maximum absolute atomic E-state index is 11.4. The molecule has 6 rings (SSSR count). The molecule has 10 heteroatoms. The van der Waals surface area contributed by atoms with Crippen LogP contribution in [0, 0.1) is 0 Å². The molecule has 0 spiro atoms. The largest absolute Gasteiger partial charge is 0.486 e. The minimum atomic E-state index is 0.0927. The smallest absolute Gasteiger partial charge is 0.220 e. The van der Waals surface area contributed by atoms with Crippen molar-refractivity contribution >= 4 is 46.3 Å². The lowest BCUT2D eigenvalue weighted by molar-refractivity contribution is -0.119. The third-order valence-corrected chi connectivity index (χ3v) is 6.87. The van der Waals surface area contributed by atoms with E-state index in [2.05, 4.69) is 25.7 Å². The lowest BCUT2D eigenvalue weighted by Gasteiger charge is -2.19. The van der Waals surface area contributed by atoms with Crippen LogP contribution >= 0.6 is 11.6 Å². The average Bonchev–Trinajstić information content (AvgIpc) is 3.47. The van der Waals surface area contributed by atoms with Gasteiger partial charge in [-0.25, -0.2) is 4.98 Å². The molecule has 2 aromatic heterocycles. The van der Waals surface area contributed by atoms with E-state index >= 15 is 0 Å². The number of nitrogens with one attached hydrogen (secondary N) is 2. The fourth-order valence-electron chi connectivity index (χ4n) is 4.59. The van der Waals surface area contributed by atoms with Crippen LogP contribution < -0.4 is 20.1 Å². The van der Waals surface area contributed by atoms with E-state index in [9.17, 15) is 4.79 Å². The van der Waals surface area contributed by atoms with Gasteiger partial charge in [0.2, 0.25) is 5.91 Å². The normalized spacial score (nSPS) is 16.9. The summed E-state index contributed by atoms with van der Waals surface area (Å²) in [6.45, 7) is 1.63. The topological polar surface area (TPSA) is 103 Å². The number of anilines is 2. The summed E-state index contributed by atoms with van der Waals surface area (Å²) in [5.41, 5.74) is 4.98. The van der Waals surface area contributed by atoms with Crippen molar-refractivity contribution in [3.63, 3.8) is 0 Å². The number of amides is 1. The quantitative estimate of drug-likeness (QED) is 0.366. The van der Waals surface area contributed by atoms with Gasteiger partial charge in [0.05, 0.1) is 22.8 Å². The van der Waals surface area contributed by atoms with Crippen LogP contribution in [-0.4, -0.2) is 52.7 Å². The molecular formula is C27H25ClN6O3. The average molecular weight is 517 g/mol. The van der Waals surface area contributed by atoms with Crippen molar-refractivity contribution in [1.82, 2.24) is 20.1 Å². The maximum Gasteiger partial charge on any atom is 0.220 e. The van der Waals surface area contributed by atoms with Crippen molar-refractivity contribution in [3.8, 4) is 22.6 Å². The van der Waals surface area contributed by atoms with Crippen LogP contribution in [-0.2, 0) is 11.8 Å². The molecule has 0 aliphatic carbocycles. The van der Waals surface area contributed by atoms with Gasteiger partial charge < -0.3 is 20.1 Å². The van der Waals surface area contributed by atoms with Crippen LogP contribution in [0.25, 0.3) is 22.2 Å². The number of halogens is 1. The van der Waals surface area contributed by atoms with E-state index in [1.807, 2.05) is 49.5 Å². The first-order valence-corrected chi connectivity index (χ1v) is 12.5. The number of nitrogens with zero attached hydrogens (tertiary/aromatic N) is 4. The summed E-state index contributed by atoms with van der Waals surface area (Å²) >= 11 is 6.85. The Morgan fingerprint density at radius 2 is 2.08 bits per heavy atom. The van der Waals surface area contributed by atoms with Gasteiger partial charge in [-0.3, -0.25) is 14.5 Å². The molecule has 4 heterocycles. The Kier molecular flexibility index (Phi) is 6.13. The SMILES string of the molecule is Cn1nc(Nc2cccc(-c3ccc4c(c3)OCCO4)c2Cl)c2ncc(C=NCC3CCC(=O)N3)cc21. The highest BCUT2D eigenvalue weighted by Gasteiger charge is 2.20. The zero-order valence-electron chi connectivity index (χ0n) is 20.2. The minimum absolute atomic E-state index is 0.0927. The third kappa shape index (κ3) is 4.70. The Balaban J connectivity index is 1.24. The molecule has 4 aromatic rings. The van der Waals surface area contributed by atoms with E-state index in [0.717, 1.165) is 45.6 Å². The predicted octanol–water partition coefficient (Wildman–Crippen LogP) is 4.50. The Morgan fingerprint density at radius 1 is 1.22 bits per heavy atom. The fourth-order valence-corrected chi connectivity index (χ4v) is 4.88. The number of carbonyl (C=O) groups excluding carboxylic acids is 1. The van der Waals surface area contributed by atoms with Crippen molar-refractivity contribution in [2.45, 2.75) is 18.9 Å². The number of carbonyl (C=O) groups is 1.